The van der Waals surface area contributed by atoms with Crippen molar-refractivity contribution in [2.75, 3.05) is 0 Å². The maximum atomic E-state index is 8.77. The van der Waals surface area contributed by atoms with Gasteiger partial charge in [0.15, 0.2) is 0 Å². The molecule has 0 spiro atoms. The van der Waals surface area contributed by atoms with Crippen LogP contribution in [0.2, 0.25) is 0 Å². The lowest BCUT2D eigenvalue weighted by Crippen LogP contribution is -2.12. The zero-order valence-electron chi connectivity index (χ0n) is 7.04. The number of hydrogen-bond acceptors (Lipinski definition) is 1. The van der Waals surface area contributed by atoms with Crippen LogP contribution in [-0.2, 0) is 0 Å². The van der Waals surface area contributed by atoms with E-state index < -0.39 is 0 Å². The molecule has 1 aromatic carbocycles. The SMILES string of the molecule is CC(C)c1ccc(BO)cc1. The Morgan fingerprint density at radius 3 is 2.09 bits per heavy atom. The highest BCUT2D eigenvalue weighted by Crippen LogP contribution is 2.11. The molecular weight excluding hydrogens is 135 g/mol. The fourth-order valence-corrected chi connectivity index (χ4v) is 1.01. The maximum Gasteiger partial charge on any atom is 0.304 e. The quantitative estimate of drug-likeness (QED) is 0.614. The largest absolute Gasteiger partial charge is 0.449 e. The molecule has 11 heavy (non-hydrogen) atoms. The Balaban J connectivity index is 2.83. The van der Waals surface area contributed by atoms with Gasteiger partial charge in [-0.3, -0.25) is 0 Å². The van der Waals surface area contributed by atoms with Crippen molar-refractivity contribution in [3.63, 3.8) is 0 Å². The van der Waals surface area contributed by atoms with E-state index in [0.29, 0.717) is 5.92 Å². The van der Waals surface area contributed by atoms with Crippen molar-refractivity contribution in [2.24, 2.45) is 0 Å². The lowest BCUT2D eigenvalue weighted by atomic mass is 9.87. The van der Waals surface area contributed by atoms with Gasteiger partial charge in [-0.2, -0.15) is 0 Å². The van der Waals surface area contributed by atoms with Gasteiger partial charge in [-0.25, -0.2) is 0 Å². The van der Waals surface area contributed by atoms with E-state index >= 15 is 0 Å². The molecule has 58 valence electrons. The lowest BCUT2D eigenvalue weighted by Gasteiger charge is -2.04. The van der Waals surface area contributed by atoms with E-state index in [-0.39, 0.29) is 7.48 Å². The zero-order chi connectivity index (χ0) is 8.27. The third-order valence-electron chi connectivity index (χ3n) is 1.83. The van der Waals surface area contributed by atoms with Gasteiger partial charge >= 0.3 is 7.48 Å². The fourth-order valence-electron chi connectivity index (χ4n) is 1.01. The fraction of sp³-hybridized carbons (Fsp3) is 0.333. The van der Waals surface area contributed by atoms with Crippen molar-refractivity contribution in [1.82, 2.24) is 0 Å². The molecule has 1 rings (SSSR count). The maximum absolute atomic E-state index is 8.77. The van der Waals surface area contributed by atoms with E-state index in [1.807, 2.05) is 12.1 Å². The Morgan fingerprint density at radius 2 is 1.73 bits per heavy atom. The van der Waals surface area contributed by atoms with E-state index in [1.165, 1.54) is 5.56 Å². The third-order valence-corrected chi connectivity index (χ3v) is 1.83. The third kappa shape index (κ3) is 2.09. The molecule has 0 saturated carbocycles. The van der Waals surface area contributed by atoms with Crippen LogP contribution >= 0.6 is 0 Å². The van der Waals surface area contributed by atoms with Crippen LogP contribution in [0.1, 0.15) is 25.3 Å². The minimum absolute atomic E-state index is 0.137. The highest BCUT2D eigenvalue weighted by atomic mass is 16.2. The first-order valence-electron chi connectivity index (χ1n) is 3.93. The second kappa shape index (κ2) is 3.58. The van der Waals surface area contributed by atoms with Crippen LogP contribution in [0.4, 0.5) is 0 Å². The summed E-state index contributed by atoms with van der Waals surface area (Å²) in [5.41, 5.74) is 2.30. The van der Waals surface area contributed by atoms with Crippen molar-refractivity contribution in [3.05, 3.63) is 29.8 Å². The van der Waals surface area contributed by atoms with Gasteiger partial charge in [0.25, 0.3) is 0 Å². The normalized spacial score (nSPS) is 10.2. The van der Waals surface area contributed by atoms with E-state index in [2.05, 4.69) is 26.0 Å². The van der Waals surface area contributed by atoms with E-state index in [0.717, 1.165) is 5.46 Å². The Morgan fingerprint density at radius 1 is 1.18 bits per heavy atom. The van der Waals surface area contributed by atoms with E-state index in [1.54, 1.807) is 0 Å². The number of hydrogen-bond donors (Lipinski definition) is 1. The number of benzene rings is 1. The van der Waals surface area contributed by atoms with Crippen LogP contribution in [0.3, 0.4) is 0 Å². The summed E-state index contributed by atoms with van der Waals surface area (Å²) in [6.45, 7) is 4.32. The summed E-state index contributed by atoms with van der Waals surface area (Å²) in [6, 6.07) is 8.07. The molecule has 1 N–H and O–H groups in total. The van der Waals surface area contributed by atoms with Crippen LogP contribution in [0, 0.1) is 0 Å². The number of rotatable bonds is 2. The molecule has 0 aliphatic heterocycles. The predicted molar refractivity (Wildman–Crippen MR) is 49.5 cm³/mol. The Labute approximate surface area is 68.3 Å². The molecule has 0 radical (unpaired) electrons. The first kappa shape index (κ1) is 8.34. The van der Waals surface area contributed by atoms with Crippen molar-refractivity contribution < 1.29 is 5.02 Å². The molecule has 0 unspecified atom stereocenters. The van der Waals surface area contributed by atoms with Crippen molar-refractivity contribution in [3.8, 4) is 0 Å². The molecule has 1 aromatic rings. The molecule has 0 saturated heterocycles. The summed E-state index contributed by atoms with van der Waals surface area (Å²) in [5, 5.41) is 8.77. The van der Waals surface area contributed by atoms with Crippen molar-refractivity contribution >= 4 is 12.9 Å². The van der Waals surface area contributed by atoms with Gasteiger partial charge in [0.2, 0.25) is 0 Å². The summed E-state index contributed by atoms with van der Waals surface area (Å²) < 4.78 is 0. The molecule has 0 aliphatic rings. The Bertz CT molecular complexity index is 216. The van der Waals surface area contributed by atoms with Gasteiger partial charge in [0.05, 0.1) is 0 Å². The molecule has 0 amide bonds. The van der Waals surface area contributed by atoms with Gasteiger partial charge in [0.1, 0.15) is 0 Å². The first-order valence-corrected chi connectivity index (χ1v) is 3.93. The first-order chi connectivity index (χ1) is 5.24. The second-order valence-electron chi connectivity index (χ2n) is 3.05. The van der Waals surface area contributed by atoms with Crippen LogP contribution in [-0.4, -0.2) is 12.5 Å². The highest BCUT2D eigenvalue weighted by Gasteiger charge is 1.97. The van der Waals surface area contributed by atoms with Gasteiger partial charge in [-0.15, -0.1) is 0 Å². The van der Waals surface area contributed by atoms with Crippen molar-refractivity contribution in [1.29, 1.82) is 0 Å². The molecule has 2 heteroatoms. The standard InChI is InChI=1S/C9H13BO/c1-7(2)8-3-5-9(10-11)6-4-8/h3-7,10-11H,1-2H3. The van der Waals surface area contributed by atoms with Crippen molar-refractivity contribution in [2.45, 2.75) is 19.8 Å². The molecule has 0 aliphatic carbocycles. The highest BCUT2D eigenvalue weighted by molar-refractivity contribution is 6.45. The molecule has 0 bridgehead atoms. The van der Waals surface area contributed by atoms with Crippen LogP contribution < -0.4 is 5.46 Å². The predicted octanol–water partition coefficient (Wildman–Crippen LogP) is 0.779. The Hall–Kier alpha value is -0.755. The smallest absolute Gasteiger partial charge is 0.304 e. The summed E-state index contributed by atoms with van der Waals surface area (Å²) in [5.74, 6) is 0.572. The zero-order valence-corrected chi connectivity index (χ0v) is 7.04. The molecule has 0 fully saturated rings. The summed E-state index contributed by atoms with van der Waals surface area (Å²) >= 11 is 0. The van der Waals surface area contributed by atoms with Gasteiger partial charge in [0, 0.05) is 0 Å². The average molecular weight is 148 g/mol. The minimum atomic E-state index is 0.137. The van der Waals surface area contributed by atoms with Gasteiger partial charge < -0.3 is 5.02 Å². The van der Waals surface area contributed by atoms with E-state index in [9.17, 15) is 0 Å². The molecular formula is C9H13BO. The summed E-state index contributed by atoms with van der Waals surface area (Å²) in [7, 11) is 0.137. The lowest BCUT2D eigenvalue weighted by molar-refractivity contribution is 0.615. The summed E-state index contributed by atoms with van der Waals surface area (Å²) in [4.78, 5) is 0. The van der Waals surface area contributed by atoms with Crippen LogP contribution in [0.25, 0.3) is 0 Å². The average Bonchev–Trinajstić information content (AvgIpc) is 2.05. The van der Waals surface area contributed by atoms with Gasteiger partial charge in [-0.05, 0) is 11.5 Å². The molecule has 0 aromatic heterocycles. The van der Waals surface area contributed by atoms with Crippen LogP contribution in [0.15, 0.2) is 24.3 Å². The monoisotopic (exact) mass is 148 g/mol. The van der Waals surface area contributed by atoms with E-state index in [4.69, 9.17) is 5.02 Å². The second-order valence-corrected chi connectivity index (χ2v) is 3.05. The minimum Gasteiger partial charge on any atom is -0.449 e. The molecule has 0 heterocycles. The Kier molecular flexibility index (Phi) is 2.72. The molecule has 0 atom stereocenters. The summed E-state index contributed by atoms with van der Waals surface area (Å²) in [6.07, 6.45) is 0. The molecule has 1 nitrogen and oxygen atoms in total. The topological polar surface area (TPSA) is 20.2 Å². The van der Waals surface area contributed by atoms with Gasteiger partial charge in [-0.1, -0.05) is 43.6 Å². The van der Waals surface area contributed by atoms with Crippen LogP contribution in [0.5, 0.6) is 0 Å².